The van der Waals surface area contributed by atoms with Crippen molar-refractivity contribution >= 4 is 45.6 Å². The molecule has 0 saturated carbocycles. The summed E-state index contributed by atoms with van der Waals surface area (Å²) in [4.78, 5) is 12.3. The largest absolute Gasteiger partial charge is 0.358 e. The Kier molecular flexibility index (Phi) is 5.61. The number of nitrogens with one attached hydrogen (secondary N) is 1. The maximum atomic E-state index is 12.3. The molecule has 0 aliphatic rings. The first-order valence-corrected chi connectivity index (χ1v) is 8.59. The zero-order valence-electron chi connectivity index (χ0n) is 12.0. The molecule has 1 N–H and O–H groups in total. The number of rotatable bonds is 6. The fourth-order valence-electron chi connectivity index (χ4n) is 1.62. The van der Waals surface area contributed by atoms with E-state index in [0.29, 0.717) is 16.6 Å². The van der Waals surface area contributed by atoms with Crippen LogP contribution in [-0.2, 0) is 0 Å². The number of ketones is 1. The summed E-state index contributed by atoms with van der Waals surface area (Å²) in [5.41, 5.74) is 0.657. The van der Waals surface area contributed by atoms with Crippen molar-refractivity contribution < 1.29 is 4.79 Å². The van der Waals surface area contributed by atoms with E-state index >= 15 is 0 Å². The Morgan fingerprint density at radius 1 is 1.24 bits per heavy atom. The molecular formula is C14H16ClN3OS2. The molecule has 0 radical (unpaired) electrons. The van der Waals surface area contributed by atoms with E-state index in [0.717, 1.165) is 9.47 Å². The van der Waals surface area contributed by atoms with E-state index < -0.39 is 0 Å². The van der Waals surface area contributed by atoms with Crippen LogP contribution in [0.15, 0.2) is 28.6 Å². The number of nitrogens with zero attached hydrogens (tertiary/aromatic N) is 2. The summed E-state index contributed by atoms with van der Waals surface area (Å²) >= 11 is 8.71. The third-order valence-electron chi connectivity index (χ3n) is 2.59. The molecule has 0 fully saturated rings. The van der Waals surface area contributed by atoms with Crippen molar-refractivity contribution in [3.63, 3.8) is 0 Å². The number of carbonyl (C=O) groups excluding carboxylic acids is 1. The van der Waals surface area contributed by atoms with Gasteiger partial charge in [0.1, 0.15) is 0 Å². The van der Waals surface area contributed by atoms with Gasteiger partial charge in [0.2, 0.25) is 5.13 Å². The number of benzene rings is 1. The fourth-order valence-corrected chi connectivity index (χ4v) is 3.86. The molecule has 1 atom stereocenters. The maximum absolute atomic E-state index is 12.3. The average molecular weight is 342 g/mol. The van der Waals surface area contributed by atoms with Crippen LogP contribution in [0.4, 0.5) is 5.13 Å². The van der Waals surface area contributed by atoms with Crippen LogP contribution in [0, 0.1) is 0 Å². The molecule has 0 amide bonds. The number of halogens is 1. The molecule has 0 aliphatic carbocycles. The van der Waals surface area contributed by atoms with Gasteiger partial charge in [-0.3, -0.25) is 4.79 Å². The molecule has 112 valence electrons. The molecule has 21 heavy (non-hydrogen) atoms. The lowest BCUT2D eigenvalue weighted by atomic mass is 10.1. The van der Waals surface area contributed by atoms with Gasteiger partial charge in [0.05, 0.1) is 5.25 Å². The summed E-state index contributed by atoms with van der Waals surface area (Å²) in [6, 6.07) is 7.24. The van der Waals surface area contributed by atoms with Gasteiger partial charge in [0.25, 0.3) is 0 Å². The van der Waals surface area contributed by atoms with Crippen LogP contribution in [0.1, 0.15) is 31.1 Å². The molecule has 1 heterocycles. The van der Waals surface area contributed by atoms with Crippen LogP contribution in [0.3, 0.4) is 0 Å². The summed E-state index contributed by atoms with van der Waals surface area (Å²) in [6.45, 7) is 5.96. The van der Waals surface area contributed by atoms with Gasteiger partial charge in [-0.05, 0) is 45.0 Å². The number of hydrogen-bond donors (Lipinski definition) is 1. The van der Waals surface area contributed by atoms with E-state index in [9.17, 15) is 4.79 Å². The van der Waals surface area contributed by atoms with Gasteiger partial charge in [-0.15, -0.1) is 10.2 Å². The summed E-state index contributed by atoms with van der Waals surface area (Å²) in [5.74, 6) is 0.0604. The van der Waals surface area contributed by atoms with Gasteiger partial charge >= 0.3 is 0 Å². The van der Waals surface area contributed by atoms with Crippen LogP contribution in [0.25, 0.3) is 0 Å². The first-order valence-electron chi connectivity index (χ1n) is 6.52. The van der Waals surface area contributed by atoms with Gasteiger partial charge in [-0.25, -0.2) is 0 Å². The summed E-state index contributed by atoms with van der Waals surface area (Å²) in [5, 5.41) is 12.5. The standard InChI is InChI=1S/C14H16ClN3OS2/c1-8(2)16-13-17-18-14(21-13)20-9(3)12(19)10-4-6-11(15)7-5-10/h4-9H,1-3H3,(H,16,17)/t9-/m1/s1. The third-order valence-corrected chi connectivity index (χ3v) is 4.88. The van der Waals surface area contributed by atoms with Crippen molar-refractivity contribution in [2.75, 3.05) is 5.32 Å². The molecule has 1 aromatic heterocycles. The average Bonchev–Trinajstić information content (AvgIpc) is 2.85. The third kappa shape index (κ3) is 4.69. The molecular weight excluding hydrogens is 326 g/mol. The number of hydrogen-bond acceptors (Lipinski definition) is 6. The molecule has 4 nitrogen and oxygen atoms in total. The monoisotopic (exact) mass is 341 g/mol. The summed E-state index contributed by atoms with van der Waals surface area (Å²) in [6.07, 6.45) is 0. The molecule has 2 aromatic rings. The Morgan fingerprint density at radius 2 is 1.90 bits per heavy atom. The number of thioether (sulfide) groups is 1. The molecule has 0 unspecified atom stereocenters. The Hall–Kier alpha value is -1.11. The fraction of sp³-hybridized carbons (Fsp3) is 0.357. The highest BCUT2D eigenvalue weighted by atomic mass is 35.5. The van der Waals surface area contributed by atoms with Crippen LogP contribution in [-0.4, -0.2) is 27.3 Å². The number of Topliss-reactive ketones (excluding diaryl/α,β-unsaturated/α-hetero) is 1. The van der Waals surface area contributed by atoms with Crippen molar-refractivity contribution in [2.24, 2.45) is 0 Å². The molecule has 0 saturated heterocycles. The molecule has 7 heteroatoms. The molecule has 0 bridgehead atoms. The van der Waals surface area contributed by atoms with Crippen molar-refractivity contribution in [1.82, 2.24) is 10.2 Å². The minimum Gasteiger partial charge on any atom is -0.358 e. The lowest BCUT2D eigenvalue weighted by Crippen LogP contribution is -2.13. The van der Waals surface area contributed by atoms with Gasteiger partial charge in [-0.2, -0.15) is 0 Å². The second-order valence-electron chi connectivity index (χ2n) is 4.80. The van der Waals surface area contributed by atoms with Crippen LogP contribution in [0.5, 0.6) is 0 Å². The minimum absolute atomic E-state index is 0.0604. The molecule has 0 aliphatic heterocycles. The van der Waals surface area contributed by atoms with Crippen molar-refractivity contribution in [1.29, 1.82) is 0 Å². The Bertz CT molecular complexity index is 613. The highest BCUT2D eigenvalue weighted by Gasteiger charge is 2.18. The SMILES string of the molecule is CC(C)Nc1nnc(S[C@H](C)C(=O)c2ccc(Cl)cc2)s1. The first kappa shape index (κ1) is 16.3. The maximum Gasteiger partial charge on any atom is 0.206 e. The second-order valence-corrected chi connectivity index (χ2v) is 7.81. The Balaban J connectivity index is 2.00. The lowest BCUT2D eigenvalue weighted by molar-refractivity contribution is 0.0994. The predicted molar refractivity (Wildman–Crippen MR) is 89.8 cm³/mol. The summed E-state index contributed by atoms with van der Waals surface area (Å²) < 4.78 is 0.785. The van der Waals surface area contributed by atoms with E-state index in [4.69, 9.17) is 11.6 Å². The number of aromatic nitrogens is 2. The van der Waals surface area contributed by atoms with Crippen molar-refractivity contribution in [2.45, 2.75) is 36.4 Å². The second kappa shape index (κ2) is 7.24. The Labute approximate surface area is 137 Å². The highest BCUT2D eigenvalue weighted by Crippen LogP contribution is 2.30. The van der Waals surface area contributed by atoms with Gasteiger partial charge in [-0.1, -0.05) is 34.7 Å². The van der Waals surface area contributed by atoms with Crippen LogP contribution < -0.4 is 5.32 Å². The van der Waals surface area contributed by atoms with Gasteiger partial charge < -0.3 is 5.32 Å². The van der Waals surface area contributed by atoms with Crippen molar-refractivity contribution in [3.05, 3.63) is 34.9 Å². The zero-order chi connectivity index (χ0) is 15.4. The normalized spacial score (nSPS) is 12.4. The topological polar surface area (TPSA) is 54.9 Å². The number of carbonyl (C=O) groups is 1. The van der Waals surface area contributed by atoms with E-state index in [2.05, 4.69) is 15.5 Å². The predicted octanol–water partition coefficient (Wildman–Crippen LogP) is 4.38. The minimum atomic E-state index is -0.217. The van der Waals surface area contributed by atoms with Crippen LogP contribution >= 0.6 is 34.7 Å². The highest BCUT2D eigenvalue weighted by molar-refractivity contribution is 8.02. The first-order chi connectivity index (χ1) is 9.95. The quantitative estimate of drug-likeness (QED) is 0.624. The van der Waals surface area contributed by atoms with E-state index in [1.165, 1.54) is 23.1 Å². The lowest BCUT2D eigenvalue weighted by Gasteiger charge is -2.08. The zero-order valence-corrected chi connectivity index (χ0v) is 14.4. The summed E-state index contributed by atoms with van der Waals surface area (Å²) in [7, 11) is 0. The Morgan fingerprint density at radius 3 is 2.52 bits per heavy atom. The van der Waals surface area contributed by atoms with E-state index in [-0.39, 0.29) is 11.0 Å². The molecule has 1 aromatic carbocycles. The number of anilines is 1. The van der Waals surface area contributed by atoms with Crippen LogP contribution in [0.2, 0.25) is 5.02 Å². The van der Waals surface area contributed by atoms with E-state index in [1.54, 1.807) is 24.3 Å². The van der Waals surface area contributed by atoms with E-state index in [1.807, 2.05) is 20.8 Å². The van der Waals surface area contributed by atoms with Crippen molar-refractivity contribution in [3.8, 4) is 0 Å². The molecule has 2 rings (SSSR count). The van der Waals surface area contributed by atoms with Gasteiger partial charge in [0, 0.05) is 16.6 Å². The van der Waals surface area contributed by atoms with Gasteiger partial charge in [0.15, 0.2) is 10.1 Å². The smallest absolute Gasteiger partial charge is 0.206 e. The molecule has 0 spiro atoms.